The average molecular weight is 516 g/mol. The van der Waals surface area contributed by atoms with Gasteiger partial charge in [0.05, 0.1) is 30.6 Å². The van der Waals surface area contributed by atoms with Gasteiger partial charge >= 0.3 is 0 Å². The molecule has 0 N–H and O–H groups in total. The maximum absolute atomic E-state index is 14.5. The highest BCUT2D eigenvalue weighted by Gasteiger charge is 2.37. The van der Waals surface area contributed by atoms with Gasteiger partial charge in [-0.25, -0.2) is 40.4 Å². The van der Waals surface area contributed by atoms with E-state index in [0.717, 1.165) is 34.0 Å². The number of hydrogen-bond donors (Lipinski definition) is 0. The van der Waals surface area contributed by atoms with Gasteiger partial charge in [-0.05, 0) is 6.07 Å². The van der Waals surface area contributed by atoms with Crippen molar-refractivity contribution in [2.75, 3.05) is 26.3 Å². The monoisotopic (exact) mass is 516 g/mol. The van der Waals surface area contributed by atoms with Crippen LogP contribution in [0.15, 0.2) is 30.7 Å². The Morgan fingerprint density at radius 3 is 2.64 bits per heavy atom. The van der Waals surface area contributed by atoms with E-state index >= 15 is 0 Å². The summed E-state index contributed by atoms with van der Waals surface area (Å²) in [7, 11) is 0. The number of imidazole rings is 1. The third-order valence-electron chi connectivity index (χ3n) is 5.55. The molecule has 4 aromatic rings. The molecule has 1 amide bonds. The van der Waals surface area contributed by atoms with Gasteiger partial charge in [0.1, 0.15) is 23.8 Å². The number of carbonyl (C=O) groups excluding carboxylic acids is 1. The Labute approximate surface area is 196 Å². The summed E-state index contributed by atoms with van der Waals surface area (Å²) in [6, 6.07) is 1.53. The van der Waals surface area contributed by atoms with Gasteiger partial charge in [0.2, 0.25) is 0 Å². The Hall–Kier alpha value is -3.75. The van der Waals surface area contributed by atoms with E-state index in [0.29, 0.717) is 10.7 Å². The standard InChI is InChI=1S/C21H15F7N6O2/c22-10-3-12(23)19-30-6-15(33(19)7-10)16-11-5-29-13(4-14(11)34(31-16)18(26)17(24)25)20(35)32-1-2-36-9-21(27,28)8-32/h3-7,17-18H,1-2,8-9H2. The Bertz CT molecular complexity index is 1470. The molecule has 15 heteroatoms. The van der Waals surface area contributed by atoms with E-state index in [1.807, 2.05) is 0 Å². The van der Waals surface area contributed by atoms with Crippen LogP contribution in [-0.4, -0.2) is 73.6 Å². The van der Waals surface area contributed by atoms with Crippen LogP contribution >= 0.6 is 0 Å². The highest BCUT2D eigenvalue weighted by atomic mass is 19.3. The number of carbonyl (C=O) groups is 1. The molecule has 1 aliphatic rings. The second-order valence-corrected chi connectivity index (χ2v) is 8.07. The summed E-state index contributed by atoms with van der Waals surface area (Å²) in [4.78, 5) is 21.5. The number of hydrogen-bond acceptors (Lipinski definition) is 5. The van der Waals surface area contributed by atoms with Gasteiger partial charge in [0, 0.05) is 30.4 Å². The van der Waals surface area contributed by atoms with Crippen molar-refractivity contribution in [2.24, 2.45) is 0 Å². The van der Waals surface area contributed by atoms with Crippen molar-refractivity contribution in [1.29, 1.82) is 0 Å². The van der Waals surface area contributed by atoms with Gasteiger partial charge in [-0.2, -0.15) is 5.10 Å². The predicted octanol–water partition coefficient (Wildman–Crippen LogP) is 3.87. The van der Waals surface area contributed by atoms with Crippen LogP contribution in [0.4, 0.5) is 30.7 Å². The van der Waals surface area contributed by atoms with Gasteiger partial charge in [-0.15, -0.1) is 0 Å². The summed E-state index contributed by atoms with van der Waals surface area (Å²) in [5.74, 6) is -6.26. The normalized spacial score (nSPS) is 17.2. The summed E-state index contributed by atoms with van der Waals surface area (Å²) < 4.78 is 103. The Balaban J connectivity index is 1.65. The molecule has 1 aliphatic heterocycles. The fraction of sp³-hybridized carbons (Fsp3) is 0.333. The zero-order valence-electron chi connectivity index (χ0n) is 18.0. The lowest BCUT2D eigenvalue weighted by atomic mass is 10.2. The van der Waals surface area contributed by atoms with Crippen LogP contribution in [0.3, 0.4) is 0 Å². The van der Waals surface area contributed by atoms with Gasteiger partial charge in [-0.1, -0.05) is 0 Å². The van der Waals surface area contributed by atoms with Crippen molar-refractivity contribution in [3.63, 3.8) is 0 Å². The summed E-state index contributed by atoms with van der Waals surface area (Å²) in [6.07, 6.45) is -3.51. The van der Waals surface area contributed by atoms with E-state index in [4.69, 9.17) is 4.74 Å². The van der Waals surface area contributed by atoms with E-state index < -0.39 is 55.0 Å². The second kappa shape index (κ2) is 8.72. The van der Waals surface area contributed by atoms with Gasteiger partial charge in [0.15, 0.2) is 11.5 Å². The largest absolute Gasteiger partial charge is 0.373 e. The van der Waals surface area contributed by atoms with Crippen LogP contribution in [-0.2, 0) is 4.74 Å². The molecule has 0 spiro atoms. The molecular weight excluding hydrogens is 501 g/mol. The van der Waals surface area contributed by atoms with Crippen LogP contribution in [0.25, 0.3) is 27.9 Å². The summed E-state index contributed by atoms with van der Waals surface area (Å²) in [6.45, 7) is -2.18. The lowest BCUT2D eigenvalue weighted by Gasteiger charge is -2.22. The van der Waals surface area contributed by atoms with Gasteiger partial charge < -0.3 is 9.64 Å². The Morgan fingerprint density at radius 2 is 1.89 bits per heavy atom. The Kier molecular flexibility index (Phi) is 5.81. The number of fused-ring (bicyclic) bond motifs is 2. The lowest BCUT2D eigenvalue weighted by Crippen LogP contribution is -2.41. The van der Waals surface area contributed by atoms with E-state index in [9.17, 15) is 35.5 Å². The third-order valence-corrected chi connectivity index (χ3v) is 5.55. The van der Waals surface area contributed by atoms with Crippen LogP contribution in [0.5, 0.6) is 0 Å². The first-order valence-electron chi connectivity index (χ1n) is 10.4. The summed E-state index contributed by atoms with van der Waals surface area (Å²) in [5, 5.41) is 3.81. The molecule has 0 saturated carbocycles. The van der Waals surface area contributed by atoms with Gasteiger partial charge in [0.25, 0.3) is 24.6 Å². The number of alkyl halides is 5. The maximum atomic E-state index is 14.5. The topological polar surface area (TPSA) is 77.6 Å². The number of rotatable bonds is 4. The SMILES string of the molecule is O=C(c1cc2c(cn1)c(-c1cnc3c(F)cc(F)cn13)nn2C(F)C(F)F)N1CCOCC(F)(F)C1. The molecule has 5 rings (SSSR count). The molecular formula is C21H15F7N6O2. The molecule has 1 unspecified atom stereocenters. The van der Waals surface area contributed by atoms with Crippen molar-refractivity contribution < 1.29 is 40.3 Å². The van der Waals surface area contributed by atoms with Crippen LogP contribution in [0.1, 0.15) is 16.8 Å². The predicted molar refractivity (Wildman–Crippen MR) is 109 cm³/mol. The van der Waals surface area contributed by atoms with E-state index in [2.05, 4.69) is 15.1 Å². The molecule has 8 nitrogen and oxygen atoms in total. The highest BCUT2D eigenvalue weighted by Crippen LogP contribution is 2.33. The van der Waals surface area contributed by atoms with Crippen LogP contribution in [0.2, 0.25) is 0 Å². The number of pyridine rings is 2. The van der Waals surface area contributed by atoms with Crippen LogP contribution in [0, 0.1) is 11.6 Å². The Morgan fingerprint density at radius 1 is 1.11 bits per heavy atom. The quantitative estimate of drug-likeness (QED) is 0.385. The smallest absolute Gasteiger partial charge is 0.289 e. The molecule has 0 aromatic carbocycles. The first kappa shape index (κ1) is 24.0. The van der Waals surface area contributed by atoms with Crippen molar-refractivity contribution in [2.45, 2.75) is 18.6 Å². The number of amides is 1. The minimum absolute atomic E-state index is 0.0501. The number of halogens is 7. The van der Waals surface area contributed by atoms with E-state index in [-0.39, 0.29) is 41.1 Å². The zero-order valence-corrected chi connectivity index (χ0v) is 18.0. The van der Waals surface area contributed by atoms with Crippen molar-refractivity contribution in [1.82, 2.24) is 29.0 Å². The molecule has 4 aromatic heterocycles. The van der Waals surface area contributed by atoms with Gasteiger partial charge in [-0.3, -0.25) is 14.2 Å². The van der Waals surface area contributed by atoms with Crippen molar-refractivity contribution in [3.8, 4) is 11.4 Å². The molecule has 190 valence electrons. The molecule has 0 bridgehead atoms. The minimum atomic E-state index is -3.52. The number of nitrogens with zero attached hydrogens (tertiary/aromatic N) is 6. The molecule has 1 saturated heterocycles. The zero-order chi connectivity index (χ0) is 25.8. The number of aromatic nitrogens is 5. The van der Waals surface area contributed by atoms with E-state index in [1.54, 1.807) is 0 Å². The third kappa shape index (κ3) is 4.12. The van der Waals surface area contributed by atoms with Crippen molar-refractivity contribution in [3.05, 3.63) is 48.1 Å². The van der Waals surface area contributed by atoms with E-state index in [1.165, 1.54) is 0 Å². The molecule has 5 heterocycles. The van der Waals surface area contributed by atoms with Crippen molar-refractivity contribution >= 4 is 22.5 Å². The summed E-state index contributed by atoms with van der Waals surface area (Å²) in [5.41, 5.74) is -1.32. The highest BCUT2D eigenvalue weighted by molar-refractivity contribution is 5.99. The fourth-order valence-electron chi connectivity index (χ4n) is 3.96. The summed E-state index contributed by atoms with van der Waals surface area (Å²) >= 11 is 0. The molecule has 1 fully saturated rings. The average Bonchev–Trinajstić information content (AvgIpc) is 3.35. The first-order chi connectivity index (χ1) is 17.1. The molecule has 36 heavy (non-hydrogen) atoms. The molecule has 1 atom stereocenters. The molecule has 0 radical (unpaired) electrons. The molecule has 0 aliphatic carbocycles. The number of ether oxygens (including phenoxy) is 1. The second-order valence-electron chi connectivity index (χ2n) is 8.07. The fourth-order valence-corrected chi connectivity index (χ4v) is 3.96. The maximum Gasteiger partial charge on any atom is 0.289 e. The minimum Gasteiger partial charge on any atom is -0.373 e. The first-order valence-corrected chi connectivity index (χ1v) is 10.4. The lowest BCUT2D eigenvalue weighted by molar-refractivity contribution is -0.0661. The van der Waals surface area contributed by atoms with Crippen LogP contribution < -0.4 is 0 Å².